The van der Waals surface area contributed by atoms with Crippen molar-refractivity contribution in [2.24, 2.45) is 11.1 Å². The van der Waals surface area contributed by atoms with Crippen LogP contribution < -0.4 is 5.14 Å². The smallest absolute Gasteiger partial charge is 0.211 e. The molecule has 1 saturated heterocycles. The van der Waals surface area contributed by atoms with E-state index in [0.717, 1.165) is 25.9 Å². The summed E-state index contributed by atoms with van der Waals surface area (Å²) in [4.78, 5) is 2.21. The number of nitrogens with two attached hydrogens (primary N) is 1. The quantitative estimate of drug-likeness (QED) is 0.692. The number of rotatable bonds is 2. The minimum absolute atomic E-state index is 0.242. The molecule has 2 N–H and O–H groups in total. The molecule has 1 aliphatic rings. The van der Waals surface area contributed by atoms with Gasteiger partial charge in [-0.3, -0.25) is 0 Å². The van der Waals surface area contributed by atoms with Crippen molar-refractivity contribution in [1.29, 1.82) is 0 Å². The monoisotopic (exact) mass is 206 g/mol. The zero-order valence-corrected chi connectivity index (χ0v) is 9.05. The van der Waals surface area contributed by atoms with Gasteiger partial charge in [-0.15, -0.1) is 0 Å². The lowest BCUT2D eigenvalue weighted by Crippen LogP contribution is -2.39. The second kappa shape index (κ2) is 3.94. The first kappa shape index (κ1) is 10.9. The molecule has 0 aromatic carbocycles. The van der Waals surface area contributed by atoms with Crippen molar-refractivity contribution in [1.82, 2.24) is 4.90 Å². The Labute approximate surface area is 80.1 Å². The largest absolute Gasteiger partial charge is 0.306 e. The molecule has 5 heteroatoms. The Balaban J connectivity index is 2.55. The van der Waals surface area contributed by atoms with Gasteiger partial charge in [-0.05, 0) is 45.8 Å². The zero-order chi connectivity index (χ0) is 10.1. The van der Waals surface area contributed by atoms with Crippen LogP contribution in [0.25, 0.3) is 0 Å². The molecule has 1 fully saturated rings. The molecule has 0 spiro atoms. The Morgan fingerprint density at radius 2 is 1.85 bits per heavy atom. The van der Waals surface area contributed by atoms with E-state index in [0.29, 0.717) is 0 Å². The summed E-state index contributed by atoms with van der Waals surface area (Å²) in [7, 11) is -1.29. The first-order valence-electron chi connectivity index (χ1n) is 4.61. The lowest BCUT2D eigenvalue weighted by molar-refractivity contribution is 0.217. The molecule has 1 rings (SSSR count). The maximum absolute atomic E-state index is 11.1. The van der Waals surface area contributed by atoms with Crippen molar-refractivity contribution < 1.29 is 8.42 Å². The topological polar surface area (TPSA) is 63.4 Å². The molecule has 0 saturated carbocycles. The van der Waals surface area contributed by atoms with Gasteiger partial charge in [-0.1, -0.05) is 0 Å². The lowest BCUT2D eigenvalue weighted by atomic mass is 9.94. The van der Waals surface area contributed by atoms with Crippen LogP contribution in [0.15, 0.2) is 0 Å². The number of piperidine rings is 1. The number of likely N-dealkylation sites (tertiary alicyclic amines) is 1. The van der Waals surface area contributed by atoms with E-state index < -0.39 is 10.0 Å². The molecule has 4 nitrogen and oxygen atoms in total. The van der Waals surface area contributed by atoms with E-state index in [1.165, 1.54) is 0 Å². The van der Waals surface area contributed by atoms with E-state index in [4.69, 9.17) is 5.14 Å². The van der Waals surface area contributed by atoms with Crippen LogP contribution in [0, 0.1) is 5.92 Å². The van der Waals surface area contributed by atoms with Gasteiger partial charge in [0.15, 0.2) is 0 Å². The van der Waals surface area contributed by atoms with Gasteiger partial charge < -0.3 is 4.90 Å². The van der Waals surface area contributed by atoms with Crippen LogP contribution in [0.1, 0.15) is 19.8 Å². The maximum Gasteiger partial charge on any atom is 0.211 e. The van der Waals surface area contributed by atoms with E-state index in [1.54, 1.807) is 6.92 Å². The molecule has 0 bridgehead atoms. The number of sulfonamides is 1. The normalized spacial score (nSPS) is 24.5. The third-order valence-electron chi connectivity index (χ3n) is 2.95. The zero-order valence-electron chi connectivity index (χ0n) is 8.23. The third kappa shape index (κ3) is 2.93. The van der Waals surface area contributed by atoms with Crippen molar-refractivity contribution in [2.45, 2.75) is 25.0 Å². The standard InChI is InChI=1S/C8H18N2O2S/c1-7(13(9,11)12)8-3-5-10(2)6-4-8/h7-8H,3-6H2,1-2H3,(H2,9,11,12). The van der Waals surface area contributed by atoms with E-state index in [1.807, 2.05) is 0 Å². The van der Waals surface area contributed by atoms with Crippen LogP contribution in [0.4, 0.5) is 0 Å². The van der Waals surface area contributed by atoms with Gasteiger partial charge in [0.05, 0.1) is 5.25 Å². The highest BCUT2D eigenvalue weighted by Crippen LogP contribution is 2.22. The highest BCUT2D eigenvalue weighted by atomic mass is 32.2. The second-order valence-electron chi connectivity index (χ2n) is 3.93. The highest BCUT2D eigenvalue weighted by Gasteiger charge is 2.28. The Morgan fingerprint density at radius 3 is 2.23 bits per heavy atom. The summed E-state index contributed by atoms with van der Waals surface area (Å²) >= 11 is 0. The maximum atomic E-state index is 11.1. The molecule has 1 atom stereocenters. The van der Waals surface area contributed by atoms with Gasteiger partial charge in [0.2, 0.25) is 10.0 Å². The fourth-order valence-electron chi connectivity index (χ4n) is 1.77. The number of nitrogens with zero attached hydrogens (tertiary/aromatic N) is 1. The summed E-state index contributed by atoms with van der Waals surface area (Å²) in [6, 6.07) is 0. The molecular weight excluding hydrogens is 188 g/mol. The lowest BCUT2D eigenvalue weighted by Gasteiger charge is -2.31. The third-order valence-corrected chi connectivity index (χ3v) is 4.37. The molecule has 78 valence electrons. The average Bonchev–Trinajstić information content (AvgIpc) is 2.03. The van der Waals surface area contributed by atoms with Gasteiger partial charge in [0, 0.05) is 0 Å². The van der Waals surface area contributed by atoms with Crippen LogP contribution in [-0.2, 0) is 10.0 Å². The summed E-state index contributed by atoms with van der Waals surface area (Å²) in [6.07, 6.45) is 1.88. The number of hydrogen-bond acceptors (Lipinski definition) is 3. The summed E-state index contributed by atoms with van der Waals surface area (Å²) in [5.41, 5.74) is 0. The summed E-state index contributed by atoms with van der Waals surface area (Å²) in [5.74, 6) is 0.242. The first-order valence-corrected chi connectivity index (χ1v) is 6.22. The molecule has 0 amide bonds. The Kier molecular flexibility index (Phi) is 3.32. The summed E-state index contributed by atoms with van der Waals surface area (Å²) in [6.45, 7) is 3.67. The Morgan fingerprint density at radius 1 is 1.38 bits per heavy atom. The first-order chi connectivity index (χ1) is 5.91. The molecule has 1 unspecified atom stereocenters. The molecule has 0 aliphatic carbocycles. The minimum atomic E-state index is -3.34. The van der Waals surface area contributed by atoms with Crippen molar-refractivity contribution in [2.75, 3.05) is 20.1 Å². The second-order valence-corrected chi connectivity index (χ2v) is 5.86. The predicted molar refractivity (Wildman–Crippen MR) is 52.8 cm³/mol. The van der Waals surface area contributed by atoms with Gasteiger partial charge in [0.25, 0.3) is 0 Å². The molecular formula is C8H18N2O2S. The molecule has 0 aromatic heterocycles. The van der Waals surface area contributed by atoms with Crippen LogP contribution in [0.3, 0.4) is 0 Å². The van der Waals surface area contributed by atoms with Crippen molar-refractivity contribution >= 4 is 10.0 Å². The van der Waals surface area contributed by atoms with Crippen LogP contribution in [0.5, 0.6) is 0 Å². The SMILES string of the molecule is CC(C1CCN(C)CC1)S(N)(=O)=O. The Hall–Kier alpha value is -0.130. The van der Waals surface area contributed by atoms with E-state index in [2.05, 4.69) is 11.9 Å². The fraction of sp³-hybridized carbons (Fsp3) is 1.00. The van der Waals surface area contributed by atoms with E-state index >= 15 is 0 Å². The van der Waals surface area contributed by atoms with Crippen LogP contribution in [0.2, 0.25) is 0 Å². The molecule has 0 radical (unpaired) electrons. The van der Waals surface area contributed by atoms with E-state index in [-0.39, 0.29) is 11.2 Å². The van der Waals surface area contributed by atoms with Crippen molar-refractivity contribution in [3.8, 4) is 0 Å². The summed E-state index contributed by atoms with van der Waals surface area (Å²) < 4.78 is 22.2. The van der Waals surface area contributed by atoms with E-state index in [9.17, 15) is 8.42 Å². The van der Waals surface area contributed by atoms with Gasteiger partial charge in [-0.25, -0.2) is 13.6 Å². The number of primary sulfonamides is 1. The van der Waals surface area contributed by atoms with Gasteiger partial charge in [0.1, 0.15) is 0 Å². The average molecular weight is 206 g/mol. The molecule has 1 aliphatic heterocycles. The predicted octanol–water partition coefficient (Wildman–Crippen LogP) is 0.00520. The van der Waals surface area contributed by atoms with Crippen LogP contribution >= 0.6 is 0 Å². The van der Waals surface area contributed by atoms with Crippen LogP contribution in [-0.4, -0.2) is 38.7 Å². The molecule has 13 heavy (non-hydrogen) atoms. The fourth-order valence-corrected chi connectivity index (χ4v) is 2.57. The number of hydrogen-bond donors (Lipinski definition) is 1. The van der Waals surface area contributed by atoms with Gasteiger partial charge in [-0.2, -0.15) is 0 Å². The van der Waals surface area contributed by atoms with Crippen molar-refractivity contribution in [3.63, 3.8) is 0 Å². The molecule has 0 aromatic rings. The summed E-state index contributed by atoms with van der Waals surface area (Å²) in [5, 5.41) is 4.72. The van der Waals surface area contributed by atoms with Gasteiger partial charge >= 0.3 is 0 Å². The highest BCUT2D eigenvalue weighted by molar-refractivity contribution is 7.89. The minimum Gasteiger partial charge on any atom is -0.306 e. The Bertz CT molecular complexity index is 255. The van der Waals surface area contributed by atoms with Crippen molar-refractivity contribution in [3.05, 3.63) is 0 Å². The molecule has 1 heterocycles.